The Morgan fingerprint density at radius 3 is 2.39 bits per heavy atom. The lowest BCUT2D eigenvalue weighted by Crippen LogP contribution is -2.02. The van der Waals surface area contributed by atoms with Crippen LogP contribution in [0, 0.1) is 5.82 Å². The highest BCUT2D eigenvalue weighted by molar-refractivity contribution is 5.62. The molecule has 154 valence electrons. The summed E-state index contributed by atoms with van der Waals surface area (Å²) in [6.07, 6.45) is 5.81. The van der Waals surface area contributed by atoms with Gasteiger partial charge in [-0.15, -0.1) is 0 Å². The second-order valence-corrected chi connectivity index (χ2v) is 7.57. The number of rotatable bonds is 6. The third-order valence-electron chi connectivity index (χ3n) is 5.36. The van der Waals surface area contributed by atoms with Gasteiger partial charge in [0.05, 0.1) is 17.1 Å². The zero-order valence-electron chi connectivity index (χ0n) is 17.3. The van der Waals surface area contributed by atoms with E-state index in [-0.39, 0.29) is 5.82 Å². The van der Waals surface area contributed by atoms with Crippen molar-refractivity contribution in [2.45, 2.75) is 26.2 Å². The first-order chi connectivity index (χ1) is 15.2. The molecule has 4 nitrogen and oxygen atoms in total. The van der Waals surface area contributed by atoms with Gasteiger partial charge in [0.15, 0.2) is 5.65 Å². The van der Waals surface area contributed by atoms with E-state index in [1.807, 2.05) is 65.3 Å². The molecule has 5 aromatic rings. The lowest BCUT2D eigenvalue weighted by Gasteiger charge is -2.08. The fraction of sp³-hybridized carbons (Fsp3) is 0.154. The van der Waals surface area contributed by atoms with Crippen LogP contribution in [0.3, 0.4) is 0 Å². The van der Waals surface area contributed by atoms with Crippen LogP contribution in [0.2, 0.25) is 0 Å². The fourth-order valence-corrected chi connectivity index (χ4v) is 3.77. The van der Waals surface area contributed by atoms with Crippen LogP contribution < -0.4 is 0 Å². The van der Waals surface area contributed by atoms with Crippen molar-refractivity contribution in [3.05, 3.63) is 113 Å². The second kappa shape index (κ2) is 8.19. The molecule has 2 aromatic carbocycles. The molecule has 0 amide bonds. The second-order valence-electron chi connectivity index (χ2n) is 7.57. The van der Waals surface area contributed by atoms with Gasteiger partial charge in [-0.05, 0) is 23.8 Å². The van der Waals surface area contributed by atoms with E-state index in [4.69, 9.17) is 14.4 Å². The van der Waals surface area contributed by atoms with Crippen molar-refractivity contribution in [3.63, 3.8) is 0 Å². The summed E-state index contributed by atoms with van der Waals surface area (Å²) in [4.78, 5) is 9.69. The van der Waals surface area contributed by atoms with Crippen LogP contribution in [0.4, 0.5) is 4.39 Å². The van der Waals surface area contributed by atoms with E-state index in [0.29, 0.717) is 18.4 Å². The van der Waals surface area contributed by atoms with Gasteiger partial charge in [0, 0.05) is 37.2 Å². The Hall–Kier alpha value is -3.73. The number of nitrogens with zero attached hydrogens (tertiary/aromatic N) is 3. The lowest BCUT2D eigenvalue weighted by molar-refractivity contribution is 0.477. The average molecular weight is 411 g/mol. The summed E-state index contributed by atoms with van der Waals surface area (Å²) in [7, 11) is 0. The molecule has 0 saturated carbocycles. The average Bonchev–Trinajstić information content (AvgIpc) is 3.42. The summed E-state index contributed by atoms with van der Waals surface area (Å²) in [6, 6.07) is 20.8. The Bertz CT molecular complexity index is 1340. The minimum atomic E-state index is -0.234. The minimum Gasteiger partial charge on any atom is -0.466 e. The largest absolute Gasteiger partial charge is 0.466 e. The van der Waals surface area contributed by atoms with E-state index in [9.17, 15) is 4.39 Å². The summed E-state index contributed by atoms with van der Waals surface area (Å²) in [6.45, 7) is 2.07. The lowest BCUT2D eigenvalue weighted by atomic mass is 10.1. The first-order valence-electron chi connectivity index (χ1n) is 10.4. The first-order valence-corrected chi connectivity index (χ1v) is 10.4. The maximum absolute atomic E-state index is 14.4. The van der Waals surface area contributed by atoms with Crippen LogP contribution in [-0.2, 0) is 19.3 Å². The van der Waals surface area contributed by atoms with Crippen molar-refractivity contribution >= 4 is 5.65 Å². The molecule has 0 radical (unpaired) electrons. The van der Waals surface area contributed by atoms with Crippen LogP contribution in [0.25, 0.3) is 16.9 Å². The molecule has 31 heavy (non-hydrogen) atoms. The van der Waals surface area contributed by atoms with Gasteiger partial charge in [-0.2, -0.15) is 0 Å². The quantitative estimate of drug-likeness (QED) is 0.351. The molecule has 0 unspecified atom stereocenters. The fourth-order valence-electron chi connectivity index (χ4n) is 3.77. The number of halogens is 1. The van der Waals surface area contributed by atoms with Gasteiger partial charge in [-0.1, -0.05) is 55.5 Å². The summed E-state index contributed by atoms with van der Waals surface area (Å²) in [5.41, 5.74) is 4.80. The molecular weight excluding hydrogens is 389 g/mol. The molecule has 5 heteroatoms. The van der Waals surface area contributed by atoms with Crippen LogP contribution in [0.1, 0.15) is 35.4 Å². The van der Waals surface area contributed by atoms with Gasteiger partial charge < -0.3 is 8.82 Å². The molecule has 0 aliphatic rings. The van der Waals surface area contributed by atoms with Gasteiger partial charge in [0.25, 0.3) is 0 Å². The highest BCUT2D eigenvalue weighted by Crippen LogP contribution is 2.23. The first kappa shape index (κ1) is 19.2. The topological polar surface area (TPSA) is 43.3 Å². The summed E-state index contributed by atoms with van der Waals surface area (Å²) in [5, 5.41) is 0. The van der Waals surface area contributed by atoms with Gasteiger partial charge in [-0.25, -0.2) is 14.4 Å². The molecule has 0 aliphatic heterocycles. The van der Waals surface area contributed by atoms with Gasteiger partial charge >= 0.3 is 0 Å². The van der Waals surface area contributed by atoms with Gasteiger partial charge in [-0.3, -0.25) is 0 Å². The Morgan fingerprint density at radius 2 is 1.61 bits per heavy atom. The van der Waals surface area contributed by atoms with Crippen molar-refractivity contribution in [2.24, 2.45) is 0 Å². The summed E-state index contributed by atoms with van der Waals surface area (Å²) in [5.74, 6) is 1.61. The third-order valence-corrected chi connectivity index (χ3v) is 5.36. The smallest absolute Gasteiger partial charge is 0.159 e. The maximum atomic E-state index is 14.4. The molecule has 3 aromatic heterocycles. The van der Waals surface area contributed by atoms with E-state index in [0.717, 1.165) is 46.2 Å². The Balaban J connectivity index is 1.59. The maximum Gasteiger partial charge on any atom is 0.159 e. The summed E-state index contributed by atoms with van der Waals surface area (Å²) >= 11 is 0. The van der Waals surface area contributed by atoms with Gasteiger partial charge in [0.1, 0.15) is 17.3 Å². The predicted octanol–water partition coefficient (Wildman–Crippen LogP) is 5.87. The molecule has 5 rings (SSSR count). The van der Waals surface area contributed by atoms with Crippen LogP contribution >= 0.6 is 0 Å². The van der Waals surface area contributed by atoms with Crippen molar-refractivity contribution in [2.75, 3.05) is 0 Å². The van der Waals surface area contributed by atoms with E-state index in [1.54, 1.807) is 12.1 Å². The highest BCUT2D eigenvalue weighted by Gasteiger charge is 2.15. The van der Waals surface area contributed by atoms with Crippen LogP contribution in [-0.4, -0.2) is 14.4 Å². The molecule has 0 atom stereocenters. The van der Waals surface area contributed by atoms with E-state index >= 15 is 0 Å². The Kier molecular flexibility index (Phi) is 5.08. The molecule has 0 N–H and O–H groups in total. The van der Waals surface area contributed by atoms with Crippen molar-refractivity contribution in [1.29, 1.82) is 0 Å². The molecule has 0 spiro atoms. The standard InChI is InChI=1S/C26H22FN3O/c1-2-21-12-13-22(31-21)15-20-16-30-17-25(18-8-4-3-5-9-18)29-24(26(30)28-20)14-19-10-6-7-11-23(19)27/h3-13,16-17H,2,14-15H2,1H3. The SMILES string of the molecule is CCc1ccc(Cc2cn3cc(-c4ccccc4)nc(Cc4ccccc4F)c3n2)o1. The molecule has 0 fully saturated rings. The Labute approximate surface area is 180 Å². The number of fused-ring (bicyclic) bond motifs is 1. The third kappa shape index (κ3) is 3.99. The number of imidazole rings is 1. The zero-order valence-corrected chi connectivity index (χ0v) is 17.3. The Morgan fingerprint density at radius 1 is 0.839 bits per heavy atom. The predicted molar refractivity (Wildman–Crippen MR) is 119 cm³/mol. The number of benzene rings is 2. The molecule has 0 saturated heterocycles. The number of hydrogen-bond donors (Lipinski definition) is 0. The van der Waals surface area contributed by atoms with E-state index in [2.05, 4.69) is 6.92 Å². The molecule has 0 aliphatic carbocycles. The molecule has 3 heterocycles. The van der Waals surface area contributed by atoms with E-state index in [1.165, 1.54) is 6.07 Å². The molecule has 0 bridgehead atoms. The number of aryl methyl sites for hydroxylation is 1. The summed E-state index contributed by atoms with van der Waals surface area (Å²) < 4.78 is 22.2. The highest BCUT2D eigenvalue weighted by atomic mass is 19.1. The zero-order chi connectivity index (χ0) is 21.2. The number of aromatic nitrogens is 3. The van der Waals surface area contributed by atoms with Crippen molar-refractivity contribution in [1.82, 2.24) is 14.4 Å². The number of hydrogen-bond acceptors (Lipinski definition) is 3. The van der Waals surface area contributed by atoms with Crippen LogP contribution in [0.15, 0.2) is 83.5 Å². The minimum absolute atomic E-state index is 0.234. The molecular formula is C26H22FN3O. The van der Waals surface area contributed by atoms with Crippen LogP contribution in [0.5, 0.6) is 0 Å². The van der Waals surface area contributed by atoms with Crippen molar-refractivity contribution in [3.8, 4) is 11.3 Å². The van der Waals surface area contributed by atoms with Gasteiger partial charge in [0.2, 0.25) is 0 Å². The van der Waals surface area contributed by atoms with Crippen molar-refractivity contribution < 1.29 is 8.81 Å². The normalized spacial score (nSPS) is 11.3. The number of furan rings is 1. The monoisotopic (exact) mass is 411 g/mol. The van der Waals surface area contributed by atoms with E-state index < -0.39 is 0 Å².